The van der Waals surface area contributed by atoms with E-state index in [1.807, 2.05) is 12.1 Å². The SMILES string of the molecule is CCC(NC(C)C(C)C)c1ccc(O)cc1. The molecule has 16 heavy (non-hydrogen) atoms. The molecule has 0 amide bonds. The number of nitrogens with one attached hydrogen (secondary N) is 1. The van der Waals surface area contributed by atoms with Crippen LogP contribution in [0.3, 0.4) is 0 Å². The zero-order valence-electron chi connectivity index (χ0n) is 10.7. The maximum Gasteiger partial charge on any atom is 0.115 e. The highest BCUT2D eigenvalue weighted by Gasteiger charge is 2.14. The van der Waals surface area contributed by atoms with E-state index in [0.717, 1.165) is 6.42 Å². The van der Waals surface area contributed by atoms with Crippen LogP contribution >= 0.6 is 0 Å². The highest BCUT2D eigenvalue weighted by Crippen LogP contribution is 2.20. The van der Waals surface area contributed by atoms with Gasteiger partial charge in [0.15, 0.2) is 0 Å². The Morgan fingerprint density at radius 3 is 2.12 bits per heavy atom. The summed E-state index contributed by atoms with van der Waals surface area (Å²) in [6, 6.07) is 8.35. The van der Waals surface area contributed by atoms with Crippen LogP contribution in [0.2, 0.25) is 0 Å². The van der Waals surface area contributed by atoms with Crippen molar-refractivity contribution >= 4 is 0 Å². The molecule has 0 radical (unpaired) electrons. The second-order valence-electron chi connectivity index (χ2n) is 4.75. The van der Waals surface area contributed by atoms with Crippen LogP contribution in [0.25, 0.3) is 0 Å². The summed E-state index contributed by atoms with van der Waals surface area (Å²) in [6.07, 6.45) is 1.06. The summed E-state index contributed by atoms with van der Waals surface area (Å²) >= 11 is 0. The Balaban J connectivity index is 2.70. The molecule has 2 atom stereocenters. The fraction of sp³-hybridized carbons (Fsp3) is 0.571. The quantitative estimate of drug-likeness (QED) is 0.798. The summed E-state index contributed by atoms with van der Waals surface area (Å²) in [5.74, 6) is 0.960. The highest BCUT2D eigenvalue weighted by atomic mass is 16.3. The van der Waals surface area contributed by atoms with Gasteiger partial charge in [0.05, 0.1) is 0 Å². The molecule has 0 spiro atoms. The van der Waals surface area contributed by atoms with Gasteiger partial charge in [0.2, 0.25) is 0 Å². The number of rotatable bonds is 5. The predicted octanol–water partition coefficient (Wildman–Crippen LogP) is 3.48. The molecule has 1 rings (SSSR count). The zero-order chi connectivity index (χ0) is 12.1. The Bertz CT molecular complexity index is 305. The molecule has 1 aromatic carbocycles. The third kappa shape index (κ3) is 3.53. The van der Waals surface area contributed by atoms with Gasteiger partial charge in [-0.1, -0.05) is 32.9 Å². The third-order valence-electron chi connectivity index (χ3n) is 3.17. The first-order valence-corrected chi connectivity index (χ1v) is 6.09. The van der Waals surface area contributed by atoms with Gasteiger partial charge in [-0.25, -0.2) is 0 Å². The van der Waals surface area contributed by atoms with Crippen LogP contribution in [0.4, 0.5) is 0 Å². The first-order chi connectivity index (χ1) is 7.54. The first-order valence-electron chi connectivity index (χ1n) is 6.09. The highest BCUT2D eigenvalue weighted by molar-refractivity contribution is 5.28. The second kappa shape index (κ2) is 5.90. The molecule has 0 saturated carbocycles. The molecule has 0 saturated heterocycles. The molecule has 2 nitrogen and oxygen atoms in total. The number of hydrogen-bond acceptors (Lipinski definition) is 2. The van der Waals surface area contributed by atoms with E-state index in [2.05, 4.69) is 33.0 Å². The molecule has 90 valence electrons. The lowest BCUT2D eigenvalue weighted by atomic mass is 10.00. The standard InChI is InChI=1S/C14H23NO/c1-5-14(15-11(4)10(2)3)12-6-8-13(16)9-7-12/h6-11,14-16H,5H2,1-4H3. The maximum absolute atomic E-state index is 9.26. The molecule has 2 N–H and O–H groups in total. The minimum atomic E-state index is 0.329. The molecule has 2 heteroatoms. The average Bonchev–Trinajstić information content (AvgIpc) is 2.26. The van der Waals surface area contributed by atoms with Gasteiger partial charge in [-0.15, -0.1) is 0 Å². The van der Waals surface area contributed by atoms with Crippen molar-refractivity contribution in [1.29, 1.82) is 0 Å². The summed E-state index contributed by atoms with van der Waals surface area (Å²) in [6.45, 7) is 8.84. The zero-order valence-corrected chi connectivity index (χ0v) is 10.7. The minimum Gasteiger partial charge on any atom is -0.508 e. The van der Waals surface area contributed by atoms with Gasteiger partial charge in [-0.2, -0.15) is 0 Å². The largest absolute Gasteiger partial charge is 0.508 e. The van der Waals surface area contributed by atoms with Crippen LogP contribution in [0.15, 0.2) is 24.3 Å². The van der Waals surface area contributed by atoms with E-state index < -0.39 is 0 Å². The molecule has 0 aliphatic rings. The van der Waals surface area contributed by atoms with Crippen molar-refractivity contribution in [2.24, 2.45) is 5.92 Å². The average molecular weight is 221 g/mol. The predicted molar refractivity (Wildman–Crippen MR) is 68.6 cm³/mol. The monoisotopic (exact) mass is 221 g/mol. The van der Waals surface area contributed by atoms with E-state index in [9.17, 15) is 5.11 Å². The maximum atomic E-state index is 9.26. The van der Waals surface area contributed by atoms with Crippen LogP contribution in [0, 0.1) is 5.92 Å². The van der Waals surface area contributed by atoms with Crippen LogP contribution < -0.4 is 5.32 Å². The molecule has 0 heterocycles. The topological polar surface area (TPSA) is 32.3 Å². The minimum absolute atomic E-state index is 0.329. The summed E-state index contributed by atoms with van der Waals surface area (Å²) < 4.78 is 0. The Hall–Kier alpha value is -1.02. The molecule has 2 unspecified atom stereocenters. The third-order valence-corrected chi connectivity index (χ3v) is 3.17. The van der Waals surface area contributed by atoms with Crippen molar-refractivity contribution in [3.63, 3.8) is 0 Å². The number of benzene rings is 1. The van der Waals surface area contributed by atoms with E-state index in [-0.39, 0.29) is 0 Å². The van der Waals surface area contributed by atoms with Gasteiger partial charge in [-0.05, 0) is 37.0 Å². The Morgan fingerprint density at radius 1 is 1.12 bits per heavy atom. The van der Waals surface area contributed by atoms with Crippen molar-refractivity contribution < 1.29 is 5.11 Å². The number of phenols is 1. The van der Waals surface area contributed by atoms with E-state index >= 15 is 0 Å². The molecule has 1 aromatic rings. The second-order valence-corrected chi connectivity index (χ2v) is 4.75. The summed E-state index contributed by atoms with van der Waals surface area (Å²) in [5.41, 5.74) is 1.24. The Kier molecular flexibility index (Phi) is 4.81. The normalized spacial score (nSPS) is 15.1. The van der Waals surface area contributed by atoms with Gasteiger partial charge in [0.1, 0.15) is 5.75 Å². The molecule has 0 aliphatic carbocycles. The fourth-order valence-corrected chi connectivity index (χ4v) is 1.67. The van der Waals surface area contributed by atoms with Crippen LogP contribution in [0.5, 0.6) is 5.75 Å². The van der Waals surface area contributed by atoms with E-state index in [1.54, 1.807) is 12.1 Å². The van der Waals surface area contributed by atoms with Gasteiger partial charge in [0.25, 0.3) is 0 Å². The van der Waals surface area contributed by atoms with Crippen molar-refractivity contribution in [2.45, 2.75) is 46.2 Å². The van der Waals surface area contributed by atoms with E-state index in [1.165, 1.54) is 5.56 Å². The van der Waals surface area contributed by atoms with Crippen LogP contribution in [-0.4, -0.2) is 11.1 Å². The summed E-state index contributed by atoms with van der Waals surface area (Å²) in [4.78, 5) is 0. The van der Waals surface area contributed by atoms with E-state index in [4.69, 9.17) is 0 Å². The Labute approximate surface area is 98.7 Å². The summed E-state index contributed by atoms with van der Waals surface area (Å²) in [5, 5.41) is 12.9. The molecule has 0 bridgehead atoms. The smallest absolute Gasteiger partial charge is 0.115 e. The van der Waals surface area contributed by atoms with Crippen molar-refractivity contribution in [1.82, 2.24) is 5.32 Å². The van der Waals surface area contributed by atoms with Gasteiger partial charge < -0.3 is 10.4 Å². The number of phenolic OH excluding ortho intramolecular Hbond substituents is 1. The molecule has 0 fully saturated rings. The molecular formula is C14H23NO. The lowest BCUT2D eigenvalue weighted by Crippen LogP contribution is -2.34. The lowest BCUT2D eigenvalue weighted by Gasteiger charge is -2.25. The fourth-order valence-electron chi connectivity index (χ4n) is 1.67. The first kappa shape index (κ1) is 13.0. The van der Waals surface area contributed by atoms with Gasteiger partial charge in [-0.3, -0.25) is 0 Å². The van der Waals surface area contributed by atoms with E-state index in [0.29, 0.717) is 23.8 Å². The van der Waals surface area contributed by atoms with Crippen LogP contribution in [-0.2, 0) is 0 Å². The lowest BCUT2D eigenvalue weighted by molar-refractivity contribution is 0.370. The molecular weight excluding hydrogens is 198 g/mol. The van der Waals surface area contributed by atoms with Crippen molar-refractivity contribution in [3.05, 3.63) is 29.8 Å². The number of aromatic hydroxyl groups is 1. The Morgan fingerprint density at radius 2 is 1.69 bits per heavy atom. The summed E-state index contributed by atoms with van der Waals surface area (Å²) in [7, 11) is 0. The molecule has 0 aromatic heterocycles. The number of hydrogen-bond donors (Lipinski definition) is 2. The van der Waals surface area contributed by atoms with Crippen LogP contribution in [0.1, 0.15) is 45.7 Å². The van der Waals surface area contributed by atoms with Crippen molar-refractivity contribution in [2.75, 3.05) is 0 Å². The van der Waals surface area contributed by atoms with Crippen molar-refractivity contribution in [3.8, 4) is 5.75 Å². The van der Waals surface area contributed by atoms with Gasteiger partial charge in [0, 0.05) is 12.1 Å². The molecule has 0 aliphatic heterocycles. The van der Waals surface area contributed by atoms with Gasteiger partial charge >= 0.3 is 0 Å².